The zero-order valence-corrected chi connectivity index (χ0v) is 20.7. The second-order valence-electron chi connectivity index (χ2n) is 10.3. The van der Waals surface area contributed by atoms with Gasteiger partial charge in [0.15, 0.2) is 5.58 Å². The summed E-state index contributed by atoms with van der Waals surface area (Å²) < 4.78 is 11.6. The Morgan fingerprint density at radius 2 is 1.86 bits per heavy atom. The van der Waals surface area contributed by atoms with Crippen LogP contribution >= 0.6 is 0 Å². The van der Waals surface area contributed by atoms with Gasteiger partial charge in [0.2, 0.25) is 11.8 Å². The summed E-state index contributed by atoms with van der Waals surface area (Å²) in [4.78, 5) is 24.0. The van der Waals surface area contributed by atoms with Crippen molar-refractivity contribution in [1.82, 2.24) is 10.5 Å². The van der Waals surface area contributed by atoms with Crippen molar-refractivity contribution >= 4 is 33.6 Å². The van der Waals surface area contributed by atoms with Gasteiger partial charge in [-0.3, -0.25) is 14.9 Å². The number of aromatic nitrogens is 1. The first kappa shape index (κ1) is 23.8. The predicted molar refractivity (Wildman–Crippen MR) is 136 cm³/mol. The third-order valence-electron chi connectivity index (χ3n) is 7.78. The molecule has 1 N–H and O–H groups in total. The van der Waals surface area contributed by atoms with Crippen LogP contribution in [0, 0.1) is 11.8 Å². The predicted octanol–water partition coefficient (Wildman–Crippen LogP) is 6.66. The lowest BCUT2D eigenvalue weighted by Crippen LogP contribution is -2.39. The molecular formula is C29H36N2O4. The fourth-order valence-corrected chi connectivity index (χ4v) is 5.59. The van der Waals surface area contributed by atoms with Crippen LogP contribution in [0.3, 0.4) is 0 Å². The zero-order chi connectivity index (χ0) is 24.2. The highest BCUT2D eigenvalue weighted by Gasteiger charge is 2.35. The first-order valence-electron chi connectivity index (χ1n) is 13.4. The van der Waals surface area contributed by atoms with Gasteiger partial charge in [0.1, 0.15) is 11.4 Å². The summed E-state index contributed by atoms with van der Waals surface area (Å²) in [6.07, 6.45) is 12.9. The minimum absolute atomic E-state index is 0.231. The van der Waals surface area contributed by atoms with E-state index in [0.717, 1.165) is 46.8 Å². The Morgan fingerprint density at radius 3 is 2.71 bits per heavy atom. The zero-order valence-electron chi connectivity index (χ0n) is 20.7. The fourth-order valence-electron chi connectivity index (χ4n) is 5.59. The van der Waals surface area contributed by atoms with Gasteiger partial charge in [0, 0.05) is 6.42 Å². The molecule has 6 heteroatoms. The summed E-state index contributed by atoms with van der Waals surface area (Å²) >= 11 is 0. The lowest BCUT2D eigenvalue weighted by atomic mass is 9.91. The molecular weight excluding hydrogens is 440 g/mol. The molecule has 1 saturated heterocycles. The van der Waals surface area contributed by atoms with Crippen LogP contribution in [0.15, 0.2) is 34.9 Å². The number of nitrogens with one attached hydrogen (secondary N) is 1. The molecule has 6 nitrogen and oxygen atoms in total. The van der Waals surface area contributed by atoms with Crippen LogP contribution in [-0.2, 0) is 9.59 Å². The monoisotopic (exact) mass is 476 g/mol. The van der Waals surface area contributed by atoms with E-state index >= 15 is 0 Å². The number of unbranched alkanes of at least 4 members (excludes halogenated alkanes) is 5. The fraction of sp³-hybridized carbons (Fsp3) is 0.552. The molecule has 1 aliphatic carbocycles. The second kappa shape index (κ2) is 10.8. The Bertz CT molecular complexity index is 1200. The van der Waals surface area contributed by atoms with Gasteiger partial charge in [-0.15, -0.1) is 0 Å². The topological polar surface area (TPSA) is 81.4 Å². The van der Waals surface area contributed by atoms with E-state index in [9.17, 15) is 9.59 Å². The molecule has 1 aromatic heterocycles. The number of rotatable bonds is 12. The SMILES string of the molecule is CCCCCCCC[C@H]1CC1CCOc1ccc2c(ccc3onc(C4CCC(=O)NC4=O)c32)c1. The number of hydrogen-bond acceptors (Lipinski definition) is 5. The van der Waals surface area contributed by atoms with E-state index in [2.05, 4.69) is 23.5 Å². The van der Waals surface area contributed by atoms with E-state index in [4.69, 9.17) is 9.26 Å². The number of imide groups is 1. The molecule has 3 aromatic rings. The first-order chi connectivity index (χ1) is 17.1. The van der Waals surface area contributed by atoms with Crippen molar-refractivity contribution in [3.05, 3.63) is 36.0 Å². The van der Waals surface area contributed by atoms with Crippen LogP contribution in [0.1, 0.15) is 89.2 Å². The molecule has 5 rings (SSSR count). The minimum Gasteiger partial charge on any atom is -0.494 e. The highest BCUT2D eigenvalue weighted by atomic mass is 16.5. The average molecular weight is 477 g/mol. The van der Waals surface area contributed by atoms with Gasteiger partial charge in [-0.25, -0.2) is 0 Å². The van der Waals surface area contributed by atoms with Crippen LogP contribution < -0.4 is 10.1 Å². The third kappa shape index (κ3) is 5.52. The van der Waals surface area contributed by atoms with E-state index in [-0.39, 0.29) is 11.8 Å². The summed E-state index contributed by atoms with van der Waals surface area (Å²) in [5.74, 6) is 1.60. The molecule has 186 valence electrons. The summed E-state index contributed by atoms with van der Waals surface area (Å²) in [6.45, 7) is 3.02. The van der Waals surface area contributed by atoms with E-state index in [1.807, 2.05) is 24.3 Å². The lowest BCUT2D eigenvalue weighted by molar-refractivity contribution is -0.134. The van der Waals surface area contributed by atoms with E-state index in [0.29, 0.717) is 24.1 Å². The number of nitrogens with zero attached hydrogens (tertiary/aromatic N) is 1. The molecule has 1 saturated carbocycles. The van der Waals surface area contributed by atoms with Crippen LogP contribution in [-0.4, -0.2) is 23.6 Å². The largest absolute Gasteiger partial charge is 0.494 e. The van der Waals surface area contributed by atoms with Gasteiger partial charge in [-0.2, -0.15) is 0 Å². The normalized spacial score (nSPS) is 22.0. The molecule has 0 spiro atoms. The molecule has 35 heavy (non-hydrogen) atoms. The van der Waals surface area contributed by atoms with Crippen molar-refractivity contribution in [2.24, 2.45) is 11.8 Å². The van der Waals surface area contributed by atoms with Gasteiger partial charge < -0.3 is 9.26 Å². The molecule has 2 aromatic carbocycles. The van der Waals surface area contributed by atoms with Crippen molar-refractivity contribution in [3.8, 4) is 5.75 Å². The third-order valence-corrected chi connectivity index (χ3v) is 7.78. The van der Waals surface area contributed by atoms with Gasteiger partial charge in [-0.1, -0.05) is 63.1 Å². The number of piperidine rings is 1. The van der Waals surface area contributed by atoms with Crippen molar-refractivity contribution in [1.29, 1.82) is 0 Å². The van der Waals surface area contributed by atoms with Crippen molar-refractivity contribution in [2.75, 3.05) is 6.61 Å². The van der Waals surface area contributed by atoms with Crippen LogP contribution in [0.4, 0.5) is 0 Å². The Labute approximate surface area is 206 Å². The van der Waals surface area contributed by atoms with Crippen molar-refractivity contribution in [3.63, 3.8) is 0 Å². The van der Waals surface area contributed by atoms with E-state index in [1.165, 1.54) is 51.4 Å². The summed E-state index contributed by atoms with van der Waals surface area (Å²) in [6, 6.07) is 9.96. The maximum atomic E-state index is 12.4. The smallest absolute Gasteiger partial charge is 0.235 e. The van der Waals surface area contributed by atoms with Crippen molar-refractivity contribution in [2.45, 2.75) is 83.5 Å². The van der Waals surface area contributed by atoms with Gasteiger partial charge in [-0.05, 0) is 66.1 Å². The number of ether oxygens (including phenoxy) is 1. The number of fused-ring (bicyclic) bond motifs is 3. The summed E-state index contributed by atoms with van der Waals surface area (Å²) in [7, 11) is 0. The highest BCUT2D eigenvalue weighted by molar-refractivity contribution is 6.10. The molecule has 2 heterocycles. The molecule has 0 bridgehead atoms. The van der Waals surface area contributed by atoms with E-state index in [1.54, 1.807) is 0 Å². The lowest BCUT2D eigenvalue weighted by Gasteiger charge is -2.19. The molecule has 2 aliphatic rings. The number of carbonyl (C=O) groups excluding carboxylic acids is 2. The molecule has 2 amide bonds. The minimum atomic E-state index is -0.474. The average Bonchev–Trinajstić information content (AvgIpc) is 3.46. The van der Waals surface area contributed by atoms with Crippen LogP contribution in [0.5, 0.6) is 5.75 Å². The number of carbonyl (C=O) groups is 2. The number of benzene rings is 2. The van der Waals surface area contributed by atoms with Gasteiger partial charge in [0.25, 0.3) is 0 Å². The molecule has 2 fully saturated rings. The highest BCUT2D eigenvalue weighted by Crippen LogP contribution is 2.45. The summed E-state index contributed by atoms with van der Waals surface area (Å²) in [5, 5.41) is 9.49. The maximum absolute atomic E-state index is 12.4. The van der Waals surface area contributed by atoms with Crippen LogP contribution in [0.2, 0.25) is 0 Å². The number of amides is 2. The second-order valence-corrected chi connectivity index (χ2v) is 10.3. The van der Waals surface area contributed by atoms with E-state index < -0.39 is 5.92 Å². The molecule has 2 unspecified atom stereocenters. The molecule has 3 atom stereocenters. The Hall–Kier alpha value is -2.89. The quantitative estimate of drug-likeness (QED) is 0.234. The van der Waals surface area contributed by atoms with Crippen LogP contribution in [0.25, 0.3) is 21.7 Å². The Kier molecular flexibility index (Phi) is 7.35. The number of hydrogen-bond donors (Lipinski definition) is 1. The first-order valence-corrected chi connectivity index (χ1v) is 13.4. The summed E-state index contributed by atoms with van der Waals surface area (Å²) in [5.41, 5.74) is 1.26. The Morgan fingerprint density at radius 1 is 1.03 bits per heavy atom. The molecule has 0 radical (unpaired) electrons. The maximum Gasteiger partial charge on any atom is 0.235 e. The Balaban J connectivity index is 1.17. The van der Waals surface area contributed by atoms with Gasteiger partial charge in [0.05, 0.1) is 17.9 Å². The van der Waals surface area contributed by atoms with Gasteiger partial charge >= 0.3 is 0 Å². The standard InChI is InChI=1S/C29H36N2O4/c1-2-3-4-5-6-7-8-19-17-20(19)15-16-34-22-10-11-23-21(18-22)9-13-25-27(23)28(31-35-25)24-12-14-26(32)30-29(24)33/h9-11,13,18-20,24H,2-8,12,14-17H2,1H3,(H,30,32,33)/t19-,20?,24?/m0/s1. The van der Waals surface area contributed by atoms with Crippen molar-refractivity contribution < 1.29 is 18.8 Å². The molecule has 1 aliphatic heterocycles.